The first-order valence-corrected chi connectivity index (χ1v) is 9.47. The molecule has 0 atom stereocenters. The van der Waals surface area contributed by atoms with Crippen molar-refractivity contribution >= 4 is 21.1 Å². The maximum absolute atomic E-state index is 12.9. The van der Waals surface area contributed by atoms with Crippen LogP contribution in [0.3, 0.4) is 0 Å². The molecule has 0 fully saturated rings. The number of H-pyrrole nitrogens is 1. The number of nitrogens with zero attached hydrogens (tertiary/aromatic N) is 1. The van der Waals surface area contributed by atoms with Gasteiger partial charge in [-0.3, -0.25) is 9.59 Å². The van der Waals surface area contributed by atoms with Crippen molar-refractivity contribution in [1.29, 1.82) is 0 Å². The molecule has 2 aromatic carbocycles. The molecule has 148 valence electrons. The fraction of sp³-hybridized carbons (Fsp3) is 0.176. The molecular weight excluding hydrogens is 399 g/mol. The van der Waals surface area contributed by atoms with Gasteiger partial charge in [0.15, 0.2) is 0 Å². The Bertz CT molecular complexity index is 1230. The van der Waals surface area contributed by atoms with Crippen molar-refractivity contribution in [3.8, 4) is 0 Å². The molecule has 0 aliphatic rings. The fourth-order valence-electron chi connectivity index (χ4n) is 2.65. The van der Waals surface area contributed by atoms with Crippen molar-refractivity contribution < 1.29 is 21.6 Å². The highest BCUT2D eigenvalue weighted by molar-refractivity contribution is 7.89. The minimum Gasteiger partial charge on any atom is -0.316 e. The van der Waals surface area contributed by atoms with Gasteiger partial charge in [0.1, 0.15) is 0 Å². The number of hydrogen-bond acceptors (Lipinski definition) is 4. The number of benzene rings is 2. The van der Waals surface area contributed by atoms with E-state index in [-0.39, 0.29) is 29.0 Å². The van der Waals surface area contributed by atoms with E-state index in [2.05, 4.69) is 9.71 Å². The molecule has 2 N–H and O–H groups in total. The highest BCUT2D eigenvalue weighted by atomic mass is 32.2. The minimum atomic E-state index is -4.61. The highest BCUT2D eigenvalue weighted by Gasteiger charge is 2.30. The maximum Gasteiger partial charge on any atom is 0.416 e. The highest BCUT2D eigenvalue weighted by Crippen LogP contribution is 2.30. The Morgan fingerprint density at radius 1 is 1.04 bits per heavy atom. The van der Waals surface area contributed by atoms with Crippen molar-refractivity contribution in [3.63, 3.8) is 0 Å². The third-order valence-corrected chi connectivity index (χ3v) is 5.46. The van der Waals surface area contributed by atoms with Crippen molar-refractivity contribution in [3.05, 3.63) is 74.8 Å². The molecule has 0 spiro atoms. The number of sulfonamides is 1. The largest absolute Gasteiger partial charge is 0.416 e. The molecule has 0 radical (unpaired) electrons. The molecule has 0 aliphatic carbocycles. The maximum atomic E-state index is 12.9. The van der Waals surface area contributed by atoms with E-state index in [0.29, 0.717) is 0 Å². The SMILES string of the molecule is O=c1[nH]c2cc(C(F)(F)F)ccc2n(CCNS(=O)(=O)c2ccccc2)c1=O. The van der Waals surface area contributed by atoms with Crippen LogP contribution < -0.4 is 15.8 Å². The lowest BCUT2D eigenvalue weighted by Gasteiger charge is -2.13. The van der Waals surface area contributed by atoms with Gasteiger partial charge in [0.05, 0.1) is 21.5 Å². The van der Waals surface area contributed by atoms with Gasteiger partial charge in [-0.1, -0.05) is 18.2 Å². The van der Waals surface area contributed by atoms with Crippen molar-refractivity contribution in [1.82, 2.24) is 14.3 Å². The van der Waals surface area contributed by atoms with E-state index in [1.807, 2.05) is 0 Å². The summed E-state index contributed by atoms with van der Waals surface area (Å²) >= 11 is 0. The van der Waals surface area contributed by atoms with Crippen molar-refractivity contribution in [2.24, 2.45) is 0 Å². The Kier molecular flexibility index (Phi) is 5.13. The zero-order valence-corrected chi connectivity index (χ0v) is 15.0. The standard InChI is InChI=1S/C17H14F3N3O4S/c18-17(19,20)11-6-7-14-13(10-11)22-15(24)16(25)23(14)9-8-21-28(26,27)12-4-2-1-3-5-12/h1-7,10,21H,8-9H2,(H,22,24). The average molecular weight is 413 g/mol. The van der Waals surface area contributed by atoms with Gasteiger partial charge in [-0.05, 0) is 30.3 Å². The first-order valence-electron chi connectivity index (χ1n) is 7.98. The second-order valence-electron chi connectivity index (χ2n) is 5.85. The Morgan fingerprint density at radius 3 is 2.36 bits per heavy atom. The van der Waals surface area contributed by atoms with Crippen LogP contribution in [0.5, 0.6) is 0 Å². The lowest BCUT2D eigenvalue weighted by Crippen LogP contribution is -2.39. The fourth-order valence-corrected chi connectivity index (χ4v) is 3.69. The summed E-state index contributed by atoms with van der Waals surface area (Å²) in [6.07, 6.45) is -4.61. The van der Waals surface area contributed by atoms with Gasteiger partial charge < -0.3 is 9.55 Å². The molecule has 3 rings (SSSR count). The van der Waals surface area contributed by atoms with Crippen molar-refractivity contribution in [2.45, 2.75) is 17.6 Å². The number of rotatable bonds is 5. The van der Waals surface area contributed by atoms with Gasteiger partial charge in [0, 0.05) is 13.1 Å². The Hall–Kier alpha value is -2.92. The molecule has 0 aliphatic heterocycles. The van der Waals surface area contributed by atoms with Gasteiger partial charge >= 0.3 is 17.3 Å². The number of aromatic amines is 1. The van der Waals surface area contributed by atoms with Crippen LogP contribution >= 0.6 is 0 Å². The van der Waals surface area contributed by atoms with Gasteiger partial charge in [-0.25, -0.2) is 13.1 Å². The van der Waals surface area contributed by atoms with Crippen LogP contribution in [0.4, 0.5) is 13.2 Å². The molecular formula is C17H14F3N3O4S. The van der Waals surface area contributed by atoms with Crippen LogP contribution in [0.25, 0.3) is 11.0 Å². The molecule has 11 heteroatoms. The summed E-state index contributed by atoms with van der Waals surface area (Å²) in [6, 6.07) is 10.1. The Morgan fingerprint density at radius 2 is 1.71 bits per heavy atom. The molecule has 3 aromatic rings. The van der Waals surface area contributed by atoms with E-state index in [9.17, 15) is 31.2 Å². The molecule has 1 heterocycles. The molecule has 0 unspecified atom stereocenters. The first kappa shape index (κ1) is 19.8. The summed E-state index contributed by atoms with van der Waals surface area (Å²) in [6.45, 7) is -0.479. The van der Waals surface area contributed by atoms with Gasteiger partial charge in [-0.15, -0.1) is 0 Å². The third-order valence-electron chi connectivity index (χ3n) is 3.98. The number of alkyl halides is 3. The smallest absolute Gasteiger partial charge is 0.316 e. The van der Waals surface area contributed by atoms with Crippen LogP contribution in [0.2, 0.25) is 0 Å². The van der Waals surface area contributed by atoms with E-state index >= 15 is 0 Å². The lowest BCUT2D eigenvalue weighted by molar-refractivity contribution is -0.137. The number of aromatic nitrogens is 2. The van der Waals surface area contributed by atoms with Crippen LogP contribution in [0.1, 0.15) is 5.56 Å². The lowest BCUT2D eigenvalue weighted by atomic mass is 10.2. The van der Waals surface area contributed by atoms with E-state index in [1.165, 1.54) is 12.1 Å². The number of halogens is 3. The Labute approximate surface area is 156 Å². The summed E-state index contributed by atoms with van der Waals surface area (Å²) in [4.78, 5) is 26.0. The molecule has 28 heavy (non-hydrogen) atoms. The second kappa shape index (κ2) is 7.24. The molecule has 0 amide bonds. The first-order chi connectivity index (χ1) is 13.1. The molecule has 0 bridgehead atoms. The molecule has 0 saturated heterocycles. The van der Waals surface area contributed by atoms with Crippen molar-refractivity contribution in [2.75, 3.05) is 6.54 Å². The van der Waals surface area contributed by atoms with Crippen LogP contribution in [0, 0.1) is 0 Å². The zero-order valence-electron chi connectivity index (χ0n) is 14.2. The average Bonchev–Trinajstić information content (AvgIpc) is 2.64. The van der Waals surface area contributed by atoms with E-state index in [0.717, 1.165) is 22.8 Å². The summed E-state index contributed by atoms with van der Waals surface area (Å²) < 4.78 is 66.2. The second-order valence-corrected chi connectivity index (χ2v) is 7.62. The van der Waals surface area contributed by atoms with Crippen LogP contribution in [-0.2, 0) is 22.7 Å². The van der Waals surface area contributed by atoms with Gasteiger partial charge in [-0.2, -0.15) is 13.2 Å². The quantitative estimate of drug-likeness (QED) is 0.622. The van der Waals surface area contributed by atoms with Gasteiger partial charge in [0.2, 0.25) is 10.0 Å². The van der Waals surface area contributed by atoms with E-state index in [4.69, 9.17) is 0 Å². The summed E-state index contributed by atoms with van der Waals surface area (Å²) in [5.74, 6) is 0. The number of hydrogen-bond donors (Lipinski definition) is 2. The summed E-state index contributed by atoms with van der Waals surface area (Å²) in [5, 5.41) is 0. The van der Waals surface area contributed by atoms with E-state index in [1.54, 1.807) is 18.2 Å². The topological polar surface area (TPSA) is 101 Å². The van der Waals surface area contributed by atoms with E-state index < -0.39 is 32.9 Å². The monoisotopic (exact) mass is 413 g/mol. The van der Waals surface area contributed by atoms with Crippen LogP contribution in [0.15, 0.2) is 63.0 Å². The normalized spacial score (nSPS) is 12.4. The molecule has 0 saturated carbocycles. The number of fused-ring (bicyclic) bond motifs is 1. The summed E-state index contributed by atoms with van der Waals surface area (Å²) in [5.41, 5.74) is -3.20. The summed E-state index contributed by atoms with van der Waals surface area (Å²) in [7, 11) is -3.83. The predicted octanol–water partition coefficient (Wildman–Crippen LogP) is 1.69. The van der Waals surface area contributed by atoms with Crippen LogP contribution in [-0.4, -0.2) is 24.5 Å². The third kappa shape index (κ3) is 3.99. The zero-order chi connectivity index (χ0) is 20.5. The minimum absolute atomic E-state index is 0.0212. The van der Waals surface area contributed by atoms with Gasteiger partial charge in [0.25, 0.3) is 0 Å². The Balaban J connectivity index is 1.92. The predicted molar refractivity (Wildman–Crippen MR) is 95.5 cm³/mol. The number of nitrogens with one attached hydrogen (secondary N) is 2. The molecule has 1 aromatic heterocycles. The molecule has 7 nitrogen and oxygen atoms in total.